The zero-order chi connectivity index (χ0) is 16.3. The van der Waals surface area contributed by atoms with E-state index in [9.17, 15) is 14.4 Å². The summed E-state index contributed by atoms with van der Waals surface area (Å²) in [5, 5.41) is 16.1. The molecule has 0 aromatic heterocycles. The van der Waals surface area contributed by atoms with Crippen LogP contribution in [0.15, 0.2) is 30.3 Å². The third-order valence-corrected chi connectivity index (χ3v) is 2.34. The van der Waals surface area contributed by atoms with Crippen LogP contribution in [0.2, 0.25) is 0 Å². The van der Waals surface area contributed by atoms with E-state index in [0.717, 1.165) is 5.56 Å². The van der Waals surface area contributed by atoms with Crippen molar-refractivity contribution in [2.24, 2.45) is 5.73 Å². The van der Waals surface area contributed by atoms with E-state index in [1.165, 1.54) is 0 Å². The van der Waals surface area contributed by atoms with Gasteiger partial charge in [-0.15, -0.1) is 0 Å². The highest BCUT2D eigenvalue weighted by atomic mass is 16.4. The number of carbonyl (C=O) groups is 3. The molecule has 114 valence electrons. The van der Waals surface area contributed by atoms with Crippen LogP contribution in [0.3, 0.4) is 0 Å². The van der Waals surface area contributed by atoms with Gasteiger partial charge in [-0.05, 0) is 31.0 Å². The van der Waals surface area contributed by atoms with Crippen molar-refractivity contribution in [2.45, 2.75) is 26.2 Å². The van der Waals surface area contributed by atoms with Crippen LogP contribution in [0.25, 0.3) is 6.08 Å². The van der Waals surface area contributed by atoms with Gasteiger partial charge in [0.25, 0.3) is 0 Å². The summed E-state index contributed by atoms with van der Waals surface area (Å²) < 4.78 is 0. The maximum atomic E-state index is 10.7. The largest absolute Gasteiger partial charge is 0.481 e. The Morgan fingerprint density at radius 2 is 1.52 bits per heavy atom. The van der Waals surface area contributed by atoms with Gasteiger partial charge in [0.2, 0.25) is 5.91 Å². The number of carbonyl (C=O) groups excluding carboxylic acids is 1. The van der Waals surface area contributed by atoms with Crippen LogP contribution in [0.1, 0.15) is 42.1 Å². The summed E-state index contributed by atoms with van der Waals surface area (Å²) in [4.78, 5) is 30.3. The molecular formula is C15H19NO5. The van der Waals surface area contributed by atoms with Crippen molar-refractivity contribution in [1.29, 1.82) is 0 Å². The first-order chi connectivity index (χ1) is 9.86. The molecule has 0 saturated carbocycles. The third-order valence-electron chi connectivity index (χ3n) is 2.34. The number of allylic oxidation sites excluding steroid dienone is 1. The number of carboxylic acids is 2. The zero-order valence-corrected chi connectivity index (χ0v) is 11.8. The Hall–Kier alpha value is -2.63. The van der Waals surface area contributed by atoms with E-state index >= 15 is 0 Å². The molecule has 1 amide bonds. The number of benzene rings is 1. The summed E-state index contributed by atoms with van der Waals surface area (Å²) >= 11 is 0. The van der Waals surface area contributed by atoms with Gasteiger partial charge >= 0.3 is 11.9 Å². The van der Waals surface area contributed by atoms with Crippen LogP contribution in [-0.4, -0.2) is 28.1 Å². The smallest absolute Gasteiger partial charge is 0.303 e. The summed E-state index contributed by atoms with van der Waals surface area (Å²) in [7, 11) is 0. The number of hydrogen-bond acceptors (Lipinski definition) is 3. The molecule has 6 heteroatoms. The molecule has 0 aliphatic rings. The van der Waals surface area contributed by atoms with E-state index in [4.69, 9.17) is 15.9 Å². The Morgan fingerprint density at radius 3 is 1.86 bits per heavy atom. The fourth-order valence-corrected chi connectivity index (χ4v) is 1.34. The predicted octanol–water partition coefficient (Wildman–Crippen LogP) is 2.14. The van der Waals surface area contributed by atoms with Crippen molar-refractivity contribution in [1.82, 2.24) is 0 Å². The highest BCUT2D eigenvalue weighted by Crippen LogP contribution is 2.05. The molecule has 0 aliphatic carbocycles. The predicted molar refractivity (Wildman–Crippen MR) is 78.8 cm³/mol. The molecule has 4 N–H and O–H groups in total. The first kappa shape index (κ1) is 18.4. The summed E-state index contributed by atoms with van der Waals surface area (Å²) in [5.74, 6) is -2.28. The van der Waals surface area contributed by atoms with Gasteiger partial charge in [-0.1, -0.05) is 24.3 Å². The van der Waals surface area contributed by atoms with E-state index in [1.807, 2.05) is 31.2 Å². The average molecular weight is 293 g/mol. The first-order valence-electron chi connectivity index (χ1n) is 6.33. The second kappa shape index (κ2) is 10.2. The minimum Gasteiger partial charge on any atom is -0.481 e. The molecule has 0 heterocycles. The maximum absolute atomic E-state index is 10.7. The second-order valence-corrected chi connectivity index (χ2v) is 4.13. The molecule has 0 radical (unpaired) electrons. The van der Waals surface area contributed by atoms with Crippen LogP contribution >= 0.6 is 0 Å². The van der Waals surface area contributed by atoms with Gasteiger partial charge in [-0.3, -0.25) is 14.4 Å². The Balaban J connectivity index is 0.000000400. The molecule has 0 bridgehead atoms. The number of primary amides is 1. The lowest BCUT2D eigenvalue weighted by atomic mass is 10.1. The van der Waals surface area contributed by atoms with Gasteiger partial charge in [0.15, 0.2) is 0 Å². The van der Waals surface area contributed by atoms with Gasteiger partial charge < -0.3 is 15.9 Å². The number of carboxylic acid groups (broad SMARTS) is 2. The summed E-state index contributed by atoms with van der Waals surface area (Å²) in [6.07, 6.45) is 3.99. The fourth-order valence-electron chi connectivity index (χ4n) is 1.34. The molecular weight excluding hydrogens is 274 g/mol. The molecule has 1 aromatic rings. The summed E-state index contributed by atoms with van der Waals surface area (Å²) in [5.41, 5.74) is 6.70. The van der Waals surface area contributed by atoms with Gasteiger partial charge in [0, 0.05) is 18.4 Å². The summed E-state index contributed by atoms with van der Waals surface area (Å²) in [6.45, 7) is 1.95. The van der Waals surface area contributed by atoms with E-state index in [-0.39, 0.29) is 25.2 Å². The van der Waals surface area contributed by atoms with Gasteiger partial charge in [0.1, 0.15) is 0 Å². The fraction of sp³-hybridized carbons (Fsp3) is 0.267. The highest BCUT2D eigenvalue weighted by Gasteiger charge is 1.99. The normalized spacial score (nSPS) is 9.76. The third kappa shape index (κ3) is 9.89. The number of hydrogen-bond donors (Lipinski definition) is 3. The van der Waals surface area contributed by atoms with Crippen LogP contribution in [0.4, 0.5) is 0 Å². The summed E-state index contributed by atoms with van der Waals surface area (Å²) in [6, 6.07) is 7.16. The molecule has 0 spiro atoms. The standard InChI is InChI=1S/C10H11NO.C5H8O4/c1-2-3-8-4-6-9(7-5-8)10(11)12;6-4(7)2-1-3-5(8)9/h2-7H,1H3,(H2,11,12);1-3H2,(H,6,7)(H,8,9)/b3-2+;. The highest BCUT2D eigenvalue weighted by molar-refractivity contribution is 5.92. The quantitative estimate of drug-likeness (QED) is 0.742. The van der Waals surface area contributed by atoms with Gasteiger partial charge in [-0.2, -0.15) is 0 Å². The molecule has 0 saturated heterocycles. The molecule has 1 rings (SSSR count). The lowest BCUT2D eigenvalue weighted by molar-refractivity contribution is -0.138. The lowest BCUT2D eigenvalue weighted by Crippen LogP contribution is -2.10. The molecule has 1 aromatic carbocycles. The minimum atomic E-state index is -0.948. The average Bonchev–Trinajstić information content (AvgIpc) is 2.39. The number of amides is 1. The minimum absolute atomic E-state index is 0.0632. The van der Waals surface area contributed by atoms with Crippen LogP contribution in [0.5, 0.6) is 0 Å². The molecule has 21 heavy (non-hydrogen) atoms. The van der Waals surface area contributed by atoms with Gasteiger partial charge in [-0.25, -0.2) is 0 Å². The van der Waals surface area contributed by atoms with Crippen molar-refractivity contribution in [2.75, 3.05) is 0 Å². The van der Waals surface area contributed by atoms with E-state index in [0.29, 0.717) is 5.56 Å². The van der Waals surface area contributed by atoms with Crippen molar-refractivity contribution in [3.05, 3.63) is 41.5 Å². The maximum Gasteiger partial charge on any atom is 0.303 e. The van der Waals surface area contributed by atoms with Crippen LogP contribution in [-0.2, 0) is 9.59 Å². The topological polar surface area (TPSA) is 118 Å². The van der Waals surface area contributed by atoms with E-state index in [1.54, 1.807) is 12.1 Å². The molecule has 0 aliphatic heterocycles. The van der Waals surface area contributed by atoms with Crippen molar-refractivity contribution < 1.29 is 24.6 Å². The number of nitrogens with two attached hydrogens (primary N) is 1. The Morgan fingerprint density at radius 1 is 1.05 bits per heavy atom. The van der Waals surface area contributed by atoms with Gasteiger partial charge in [0.05, 0.1) is 0 Å². The van der Waals surface area contributed by atoms with Crippen LogP contribution in [0, 0.1) is 0 Å². The van der Waals surface area contributed by atoms with Crippen molar-refractivity contribution in [3.63, 3.8) is 0 Å². The molecule has 6 nitrogen and oxygen atoms in total. The van der Waals surface area contributed by atoms with Crippen LogP contribution < -0.4 is 5.73 Å². The number of aliphatic carboxylic acids is 2. The SMILES string of the molecule is C/C=C/c1ccc(C(N)=O)cc1.O=C(O)CCCC(=O)O. The van der Waals surface area contributed by atoms with E-state index < -0.39 is 11.9 Å². The molecule has 0 atom stereocenters. The van der Waals surface area contributed by atoms with Crippen molar-refractivity contribution in [3.8, 4) is 0 Å². The number of rotatable bonds is 6. The van der Waals surface area contributed by atoms with Crippen molar-refractivity contribution >= 4 is 23.9 Å². The Bertz CT molecular complexity index is 491. The zero-order valence-electron chi connectivity index (χ0n) is 11.8. The second-order valence-electron chi connectivity index (χ2n) is 4.13. The Labute approximate surface area is 122 Å². The monoisotopic (exact) mass is 293 g/mol. The Kier molecular flexibility index (Phi) is 8.92. The molecule has 0 fully saturated rings. The lowest BCUT2D eigenvalue weighted by Gasteiger charge is -1.95. The first-order valence-corrected chi connectivity index (χ1v) is 6.33. The molecule has 0 unspecified atom stereocenters. The van der Waals surface area contributed by atoms with E-state index in [2.05, 4.69) is 0 Å².